The third-order valence-electron chi connectivity index (χ3n) is 1.59. The lowest BCUT2D eigenvalue weighted by Crippen LogP contribution is -2.08. The molecule has 0 saturated heterocycles. The summed E-state index contributed by atoms with van der Waals surface area (Å²) < 4.78 is 0. The zero-order valence-corrected chi connectivity index (χ0v) is 7.75. The van der Waals surface area contributed by atoms with Crippen LogP contribution in [0.25, 0.3) is 0 Å². The molecule has 0 aromatic carbocycles. The molecule has 1 aromatic heterocycles. The van der Waals surface area contributed by atoms with Crippen molar-refractivity contribution < 1.29 is 9.90 Å². The van der Waals surface area contributed by atoms with Gasteiger partial charge in [0.25, 0.3) is 0 Å². The number of aromatic carboxylic acids is 1. The highest BCUT2D eigenvalue weighted by Crippen LogP contribution is 2.18. The largest absolute Gasteiger partial charge is 0.476 e. The van der Waals surface area contributed by atoms with Gasteiger partial charge in [-0.05, 0) is 18.6 Å². The standard InChI is InChI=1S/C8H9ClN2O2/c1-4(10)5-2-6(9)7(8(12)13)11-3-5/h2-4H,10H2,1H3,(H,12,13)/t4-/m1/s1. The van der Waals surface area contributed by atoms with Gasteiger partial charge in [-0.3, -0.25) is 0 Å². The van der Waals surface area contributed by atoms with Gasteiger partial charge in [0.05, 0.1) is 5.02 Å². The summed E-state index contributed by atoms with van der Waals surface area (Å²) in [6, 6.07) is 1.32. The van der Waals surface area contributed by atoms with Crippen LogP contribution in [0.5, 0.6) is 0 Å². The summed E-state index contributed by atoms with van der Waals surface area (Å²) in [6.45, 7) is 1.77. The minimum atomic E-state index is -1.14. The second kappa shape index (κ2) is 3.72. The number of carboxylic acids is 1. The van der Waals surface area contributed by atoms with Gasteiger partial charge in [0.1, 0.15) is 0 Å². The van der Waals surface area contributed by atoms with Crippen LogP contribution in [0.1, 0.15) is 29.0 Å². The van der Waals surface area contributed by atoms with Crippen molar-refractivity contribution in [1.29, 1.82) is 0 Å². The summed E-state index contributed by atoms with van der Waals surface area (Å²) in [7, 11) is 0. The van der Waals surface area contributed by atoms with E-state index in [1.165, 1.54) is 12.3 Å². The fourth-order valence-corrected chi connectivity index (χ4v) is 1.11. The lowest BCUT2D eigenvalue weighted by molar-refractivity contribution is 0.0690. The van der Waals surface area contributed by atoms with Gasteiger partial charge in [0.15, 0.2) is 5.69 Å². The number of hydrogen-bond acceptors (Lipinski definition) is 3. The third-order valence-corrected chi connectivity index (χ3v) is 1.88. The normalized spacial score (nSPS) is 12.5. The summed E-state index contributed by atoms with van der Waals surface area (Å²) in [6.07, 6.45) is 1.42. The first-order valence-electron chi connectivity index (χ1n) is 3.66. The van der Waals surface area contributed by atoms with Crippen LogP contribution in [-0.2, 0) is 0 Å². The molecule has 0 saturated carbocycles. The van der Waals surface area contributed by atoms with Gasteiger partial charge < -0.3 is 10.8 Å². The van der Waals surface area contributed by atoms with E-state index >= 15 is 0 Å². The van der Waals surface area contributed by atoms with Crippen molar-refractivity contribution >= 4 is 17.6 Å². The second-order valence-electron chi connectivity index (χ2n) is 2.69. The van der Waals surface area contributed by atoms with Gasteiger partial charge >= 0.3 is 5.97 Å². The molecule has 0 aliphatic heterocycles. The van der Waals surface area contributed by atoms with Crippen LogP contribution in [0, 0.1) is 0 Å². The second-order valence-corrected chi connectivity index (χ2v) is 3.10. The molecular formula is C8H9ClN2O2. The van der Waals surface area contributed by atoms with Crippen LogP contribution in [-0.4, -0.2) is 16.1 Å². The smallest absolute Gasteiger partial charge is 0.356 e. The minimum absolute atomic E-state index is 0.113. The Hall–Kier alpha value is -1.13. The molecule has 0 fully saturated rings. The number of halogens is 1. The molecule has 1 atom stereocenters. The maximum absolute atomic E-state index is 10.5. The fraction of sp³-hybridized carbons (Fsp3) is 0.250. The topological polar surface area (TPSA) is 76.2 Å². The lowest BCUT2D eigenvalue weighted by atomic mass is 10.1. The van der Waals surface area contributed by atoms with Crippen LogP contribution in [0.2, 0.25) is 5.02 Å². The summed E-state index contributed by atoms with van der Waals surface area (Å²) in [5.41, 5.74) is 6.13. The number of nitrogens with two attached hydrogens (primary N) is 1. The number of nitrogens with zero attached hydrogens (tertiary/aromatic N) is 1. The van der Waals surface area contributed by atoms with Crippen molar-refractivity contribution in [3.8, 4) is 0 Å². The fourth-order valence-electron chi connectivity index (χ4n) is 0.859. The molecule has 0 aliphatic carbocycles. The van der Waals surface area contributed by atoms with Crippen LogP contribution < -0.4 is 5.73 Å². The predicted octanol–water partition coefficient (Wildman–Crippen LogP) is 1.45. The number of carbonyl (C=O) groups is 1. The molecular weight excluding hydrogens is 192 g/mol. The van der Waals surface area contributed by atoms with E-state index in [0.29, 0.717) is 0 Å². The maximum Gasteiger partial charge on any atom is 0.356 e. The van der Waals surface area contributed by atoms with Gasteiger partial charge in [0, 0.05) is 12.2 Å². The zero-order chi connectivity index (χ0) is 10.0. The number of hydrogen-bond donors (Lipinski definition) is 2. The van der Waals surface area contributed by atoms with E-state index < -0.39 is 5.97 Å². The number of carboxylic acid groups (broad SMARTS) is 1. The highest BCUT2D eigenvalue weighted by molar-refractivity contribution is 6.33. The zero-order valence-electron chi connectivity index (χ0n) is 6.99. The molecule has 5 heteroatoms. The van der Waals surface area contributed by atoms with E-state index in [1.54, 1.807) is 6.92 Å². The summed E-state index contributed by atoms with van der Waals surface area (Å²) in [5.74, 6) is -1.14. The van der Waals surface area contributed by atoms with Crippen molar-refractivity contribution in [3.63, 3.8) is 0 Å². The molecule has 70 valence electrons. The first-order valence-corrected chi connectivity index (χ1v) is 4.04. The minimum Gasteiger partial charge on any atom is -0.476 e. The monoisotopic (exact) mass is 200 g/mol. The molecule has 1 aromatic rings. The van der Waals surface area contributed by atoms with Crippen LogP contribution in [0.4, 0.5) is 0 Å². The van der Waals surface area contributed by atoms with Gasteiger partial charge in [-0.25, -0.2) is 9.78 Å². The van der Waals surface area contributed by atoms with Crippen molar-refractivity contribution in [1.82, 2.24) is 4.98 Å². The Balaban J connectivity index is 3.13. The highest BCUT2D eigenvalue weighted by Gasteiger charge is 2.11. The van der Waals surface area contributed by atoms with E-state index in [9.17, 15) is 4.79 Å². The first kappa shape index (κ1) is 9.95. The van der Waals surface area contributed by atoms with Crippen LogP contribution in [0.3, 0.4) is 0 Å². The maximum atomic E-state index is 10.5. The summed E-state index contributed by atoms with van der Waals surface area (Å²) in [5, 5.41) is 8.73. The van der Waals surface area contributed by atoms with Gasteiger partial charge in [-0.2, -0.15) is 0 Å². The summed E-state index contributed by atoms with van der Waals surface area (Å²) >= 11 is 5.67. The molecule has 0 amide bonds. The van der Waals surface area contributed by atoms with Crippen LogP contribution in [0.15, 0.2) is 12.3 Å². The van der Waals surface area contributed by atoms with Gasteiger partial charge in [-0.15, -0.1) is 0 Å². The molecule has 1 heterocycles. The van der Waals surface area contributed by atoms with Gasteiger partial charge in [0.2, 0.25) is 0 Å². The van der Waals surface area contributed by atoms with Crippen molar-refractivity contribution in [2.75, 3.05) is 0 Å². The molecule has 3 N–H and O–H groups in total. The average molecular weight is 201 g/mol. The predicted molar refractivity (Wildman–Crippen MR) is 48.8 cm³/mol. The Labute approximate surface area is 80.3 Å². The number of rotatable bonds is 2. The number of aromatic nitrogens is 1. The molecule has 4 nitrogen and oxygen atoms in total. The van der Waals surface area contributed by atoms with E-state index in [2.05, 4.69) is 4.98 Å². The molecule has 1 rings (SSSR count). The Morgan fingerprint density at radius 3 is 2.77 bits per heavy atom. The Morgan fingerprint density at radius 1 is 1.77 bits per heavy atom. The van der Waals surface area contributed by atoms with Crippen LogP contribution >= 0.6 is 11.6 Å². The first-order chi connectivity index (χ1) is 6.02. The lowest BCUT2D eigenvalue weighted by Gasteiger charge is -2.05. The molecule has 0 bridgehead atoms. The van der Waals surface area contributed by atoms with E-state index in [0.717, 1.165) is 5.56 Å². The highest BCUT2D eigenvalue weighted by atomic mass is 35.5. The molecule has 0 spiro atoms. The van der Waals surface area contributed by atoms with Gasteiger partial charge in [-0.1, -0.05) is 11.6 Å². The Bertz CT molecular complexity index is 339. The molecule has 0 aliphatic rings. The van der Waals surface area contributed by atoms with Crippen molar-refractivity contribution in [3.05, 3.63) is 28.5 Å². The molecule has 0 unspecified atom stereocenters. The Morgan fingerprint density at radius 2 is 2.38 bits per heavy atom. The quantitative estimate of drug-likeness (QED) is 0.758. The van der Waals surface area contributed by atoms with Crippen molar-refractivity contribution in [2.45, 2.75) is 13.0 Å². The number of pyridine rings is 1. The van der Waals surface area contributed by atoms with E-state index in [1.807, 2.05) is 0 Å². The third kappa shape index (κ3) is 2.17. The van der Waals surface area contributed by atoms with Crippen molar-refractivity contribution in [2.24, 2.45) is 5.73 Å². The Kier molecular flexibility index (Phi) is 2.85. The van der Waals surface area contributed by atoms with E-state index in [4.69, 9.17) is 22.4 Å². The summed E-state index contributed by atoms with van der Waals surface area (Å²) in [4.78, 5) is 14.2. The molecule has 0 radical (unpaired) electrons. The average Bonchev–Trinajstić information content (AvgIpc) is 2.03. The SMILES string of the molecule is C[C@@H](N)c1cnc(C(=O)O)c(Cl)c1. The van der Waals surface area contributed by atoms with E-state index in [-0.39, 0.29) is 16.8 Å². The molecule has 13 heavy (non-hydrogen) atoms.